The van der Waals surface area contributed by atoms with Crippen LogP contribution in [0.5, 0.6) is 0 Å². The second kappa shape index (κ2) is 7.49. The zero-order valence-corrected chi connectivity index (χ0v) is 14.9. The van der Waals surface area contributed by atoms with Gasteiger partial charge in [0.2, 0.25) is 0 Å². The van der Waals surface area contributed by atoms with Gasteiger partial charge in [-0.1, -0.05) is 29.8 Å². The summed E-state index contributed by atoms with van der Waals surface area (Å²) in [6.45, 7) is 4.05. The summed E-state index contributed by atoms with van der Waals surface area (Å²) in [5.41, 5.74) is 6.56. The molecular formula is C19H16ClFN4O. The van der Waals surface area contributed by atoms with Gasteiger partial charge in [0.05, 0.1) is 16.9 Å². The van der Waals surface area contributed by atoms with Crippen LogP contribution in [0.25, 0.3) is 11.3 Å². The van der Waals surface area contributed by atoms with Crippen LogP contribution in [0.2, 0.25) is 5.02 Å². The smallest absolute Gasteiger partial charge is 0.272 e. The first-order valence-electron chi connectivity index (χ1n) is 7.86. The quantitative estimate of drug-likeness (QED) is 0.532. The Morgan fingerprint density at radius 3 is 2.77 bits per heavy atom. The first-order chi connectivity index (χ1) is 12.5. The number of nitrogens with zero attached hydrogens (tertiary/aromatic N) is 2. The fraction of sp³-hybridized carbons (Fsp3) is 0.105. The number of aromatic nitrogens is 2. The topological polar surface area (TPSA) is 70.1 Å². The van der Waals surface area contributed by atoms with E-state index in [0.717, 1.165) is 17.3 Å². The molecule has 2 aromatic carbocycles. The second-order valence-corrected chi connectivity index (χ2v) is 6.21. The molecule has 0 bridgehead atoms. The Kier molecular flexibility index (Phi) is 5.14. The predicted octanol–water partition coefficient (Wildman–Crippen LogP) is 4.25. The molecule has 0 aliphatic carbocycles. The van der Waals surface area contributed by atoms with Crippen LogP contribution in [0.15, 0.2) is 47.6 Å². The van der Waals surface area contributed by atoms with E-state index < -0.39 is 11.7 Å². The van der Waals surface area contributed by atoms with Crippen molar-refractivity contribution in [2.75, 3.05) is 0 Å². The molecule has 0 atom stereocenters. The number of rotatable bonds is 4. The maximum Gasteiger partial charge on any atom is 0.289 e. The maximum absolute atomic E-state index is 13.6. The van der Waals surface area contributed by atoms with Crippen molar-refractivity contribution >= 4 is 23.7 Å². The normalized spacial score (nSPS) is 11.1. The second-order valence-electron chi connectivity index (χ2n) is 5.80. The Hall–Kier alpha value is -2.99. The number of hydrogen-bond donors (Lipinski definition) is 2. The van der Waals surface area contributed by atoms with E-state index >= 15 is 0 Å². The van der Waals surface area contributed by atoms with E-state index in [1.807, 2.05) is 32.0 Å². The van der Waals surface area contributed by atoms with Gasteiger partial charge in [0.15, 0.2) is 0 Å². The van der Waals surface area contributed by atoms with Gasteiger partial charge in [0, 0.05) is 11.1 Å². The molecule has 0 saturated carbocycles. The number of amides is 1. The molecule has 0 spiro atoms. The number of H-pyrrole nitrogens is 1. The summed E-state index contributed by atoms with van der Waals surface area (Å²) >= 11 is 5.90. The third-order valence-electron chi connectivity index (χ3n) is 3.98. The highest BCUT2D eigenvalue weighted by molar-refractivity contribution is 6.33. The lowest BCUT2D eigenvalue weighted by Crippen LogP contribution is -2.18. The molecule has 0 saturated heterocycles. The Bertz CT molecular complexity index is 977. The number of hydrogen-bond acceptors (Lipinski definition) is 3. The van der Waals surface area contributed by atoms with Crippen LogP contribution in [0.1, 0.15) is 27.2 Å². The zero-order chi connectivity index (χ0) is 18.7. The van der Waals surface area contributed by atoms with Crippen molar-refractivity contribution in [1.82, 2.24) is 15.6 Å². The summed E-state index contributed by atoms with van der Waals surface area (Å²) in [7, 11) is 0. The van der Waals surface area contributed by atoms with Crippen molar-refractivity contribution < 1.29 is 9.18 Å². The Labute approximate surface area is 154 Å². The van der Waals surface area contributed by atoms with Crippen molar-refractivity contribution in [2.45, 2.75) is 13.8 Å². The molecule has 2 N–H and O–H groups in total. The minimum absolute atomic E-state index is 0.106. The Morgan fingerprint density at radius 2 is 2.04 bits per heavy atom. The molecule has 0 unspecified atom stereocenters. The van der Waals surface area contributed by atoms with E-state index in [4.69, 9.17) is 11.6 Å². The van der Waals surface area contributed by atoms with Gasteiger partial charge >= 0.3 is 0 Å². The number of aryl methyl sites for hydroxylation is 2. The van der Waals surface area contributed by atoms with E-state index in [-0.39, 0.29) is 16.3 Å². The van der Waals surface area contributed by atoms with Crippen molar-refractivity contribution in [3.05, 3.63) is 75.7 Å². The summed E-state index contributed by atoms with van der Waals surface area (Å²) in [5, 5.41) is 10.8. The molecule has 1 aromatic heterocycles. The van der Waals surface area contributed by atoms with Crippen LogP contribution in [0.3, 0.4) is 0 Å². The van der Waals surface area contributed by atoms with E-state index in [0.29, 0.717) is 5.69 Å². The van der Waals surface area contributed by atoms with Gasteiger partial charge in [0.25, 0.3) is 5.91 Å². The van der Waals surface area contributed by atoms with Crippen LogP contribution < -0.4 is 5.43 Å². The minimum atomic E-state index is -0.519. The first-order valence-corrected chi connectivity index (χ1v) is 8.24. The largest absolute Gasteiger partial charge is 0.289 e. The number of carbonyl (C=O) groups excluding carboxylic acids is 1. The number of benzene rings is 2. The Morgan fingerprint density at radius 1 is 1.23 bits per heavy atom. The fourth-order valence-corrected chi connectivity index (χ4v) is 2.55. The van der Waals surface area contributed by atoms with Crippen LogP contribution in [-0.2, 0) is 0 Å². The van der Waals surface area contributed by atoms with Gasteiger partial charge < -0.3 is 0 Å². The maximum atomic E-state index is 13.6. The standard InChI is InChI=1S/C19H16ClFN4O/c1-11-6-7-13(8-12(11)2)17-9-18(24-23-17)19(26)25-22-10-14-15(20)4-3-5-16(14)21/h3-10H,1-2H3,(H,23,24)(H,25,26). The number of aromatic amines is 1. The molecule has 0 aliphatic heterocycles. The first kappa shape index (κ1) is 17.8. The van der Waals surface area contributed by atoms with Crippen molar-refractivity contribution in [3.63, 3.8) is 0 Å². The lowest BCUT2D eigenvalue weighted by atomic mass is 10.0. The summed E-state index contributed by atoms with van der Waals surface area (Å²) in [6, 6.07) is 11.9. The van der Waals surface area contributed by atoms with Crippen molar-refractivity contribution in [2.24, 2.45) is 5.10 Å². The summed E-state index contributed by atoms with van der Waals surface area (Å²) in [4.78, 5) is 12.1. The lowest BCUT2D eigenvalue weighted by Gasteiger charge is -2.01. The molecule has 1 amide bonds. The fourth-order valence-electron chi connectivity index (χ4n) is 2.34. The predicted molar refractivity (Wildman–Crippen MR) is 100.0 cm³/mol. The highest BCUT2D eigenvalue weighted by Gasteiger charge is 2.11. The molecule has 5 nitrogen and oxygen atoms in total. The molecule has 26 heavy (non-hydrogen) atoms. The average Bonchev–Trinajstić information content (AvgIpc) is 3.10. The minimum Gasteiger partial charge on any atom is -0.272 e. The molecule has 0 aliphatic rings. The van der Waals surface area contributed by atoms with Crippen LogP contribution in [-0.4, -0.2) is 22.3 Å². The highest BCUT2D eigenvalue weighted by Crippen LogP contribution is 2.21. The molecule has 132 valence electrons. The Balaban J connectivity index is 1.72. The number of hydrazone groups is 1. The number of carbonyl (C=O) groups is 1. The van der Waals surface area contributed by atoms with Gasteiger partial charge in [-0.15, -0.1) is 0 Å². The molecule has 3 rings (SSSR count). The van der Waals surface area contributed by atoms with E-state index in [1.165, 1.54) is 17.7 Å². The molecular weight excluding hydrogens is 355 g/mol. The van der Waals surface area contributed by atoms with E-state index in [9.17, 15) is 9.18 Å². The average molecular weight is 371 g/mol. The van der Waals surface area contributed by atoms with Crippen molar-refractivity contribution in [1.29, 1.82) is 0 Å². The molecule has 1 heterocycles. The third kappa shape index (κ3) is 3.81. The monoisotopic (exact) mass is 370 g/mol. The van der Waals surface area contributed by atoms with Gasteiger partial charge in [-0.3, -0.25) is 9.89 Å². The molecule has 7 heteroatoms. The molecule has 0 radical (unpaired) electrons. The number of nitrogens with one attached hydrogen (secondary N) is 2. The van der Waals surface area contributed by atoms with Gasteiger partial charge in [-0.2, -0.15) is 10.2 Å². The van der Waals surface area contributed by atoms with Gasteiger partial charge in [0.1, 0.15) is 11.5 Å². The highest BCUT2D eigenvalue weighted by atomic mass is 35.5. The summed E-state index contributed by atoms with van der Waals surface area (Å²) in [5.74, 6) is -1.01. The summed E-state index contributed by atoms with van der Waals surface area (Å²) in [6.07, 6.45) is 1.16. The molecule has 0 fully saturated rings. The SMILES string of the molecule is Cc1ccc(-c2cc(C(=O)NN=Cc3c(F)cccc3Cl)[nH]n2)cc1C. The van der Waals surface area contributed by atoms with Crippen LogP contribution in [0, 0.1) is 19.7 Å². The van der Waals surface area contributed by atoms with Crippen molar-refractivity contribution in [3.8, 4) is 11.3 Å². The third-order valence-corrected chi connectivity index (χ3v) is 4.31. The van der Waals surface area contributed by atoms with E-state index in [2.05, 4.69) is 20.7 Å². The number of halogens is 2. The van der Waals surface area contributed by atoms with Crippen LogP contribution >= 0.6 is 11.6 Å². The van der Waals surface area contributed by atoms with Gasteiger partial charge in [-0.05, 0) is 49.2 Å². The summed E-state index contributed by atoms with van der Waals surface area (Å²) < 4.78 is 13.6. The van der Waals surface area contributed by atoms with Gasteiger partial charge in [-0.25, -0.2) is 9.82 Å². The zero-order valence-electron chi connectivity index (χ0n) is 14.2. The van der Waals surface area contributed by atoms with E-state index in [1.54, 1.807) is 12.1 Å². The lowest BCUT2D eigenvalue weighted by molar-refractivity contribution is 0.0950. The van der Waals surface area contributed by atoms with Crippen LogP contribution in [0.4, 0.5) is 4.39 Å². The molecule has 3 aromatic rings.